The lowest BCUT2D eigenvalue weighted by atomic mass is 9.63. The Morgan fingerprint density at radius 3 is 2.61 bits per heavy atom. The highest BCUT2D eigenvalue weighted by Gasteiger charge is 2.62. The van der Waals surface area contributed by atoms with E-state index in [2.05, 4.69) is 58.8 Å². The molecular formula is C53H55Cl2FN6O5. The first kappa shape index (κ1) is 45.2. The number of benzene rings is 4. The Kier molecular flexibility index (Phi) is 11.8. The molecule has 1 aliphatic carbocycles. The van der Waals surface area contributed by atoms with Crippen LogP contribution in [-0.2, 0) is 26.3 Å². The maximum absolute atomic E-state index is 16.4. The molecule has 67 heavy (non-hydrogen) atoms. The summed E-state index contributed by atoms with van der Waals surface area (Å²) in [5, 5.41) is 13.5. The van der Waals surface area contributed by atoms with Crippen LogP contribution in [-0.4, -0.2) is 72.9 Å². The normalized spacial score (nSPS) is 27.5. The van der Waals surface area contributed by atoms with E-state index in [9.17, 15) is 19.2 Å². The van der Waals surface area contributed by atoms with Crippen molar-refractivity contribution in [2.75, 3.05) is 35.7 Å². The number of methoxy groups -OCH3 is 1. The van der Waals surface area contributed by atoms with Crippen molar-refractivity contribution in [2.24, 2.45) is 17.3 Å². The summed E-state index contributed by atoms with van der Waals surface area (Å²) >= 11 is 13.0. The summed E-state index contributed by atoms with van der Waals surface area (Å²) in [6.07, 6.45) is 5.37. The molecule has 1 unspecified atom stereocenters. The molecule has 1 spiro atoms. The fraction of sp³-hybridized carbons (Fsp3) is 0.434. The maximum atomic E-state index is 16.4. The molecule has 0 bridgehead atoms. The van der Waals surface area contributed by atoms with Crippen molar-refractivity contribution in [1.82, 2.24) is 15.5 Å². The molecule has 3 saturated heterocycles. The molecule has 4 N–H and O–H groups in total. The van der Waals surface area contributed by atoms with Crippen LogP contribution in [0.2, 0.25) is 10.0 Å². The van der Waals surface area contributed by atoms with Crippen molar-refractivity contribution >= 4 is 63.9 Å². The summed E-state index contributed by atoms with van der Waals surface area (Å²) in [7, 11) is 1.60. The van der Waals surface area contributed by atoms with Gasteiger partial charge in [0, 0.05) is 89.0 Å². The Bertz CT molecular complexity index is 2770. The first-order chi connectivity index (χ1) is 32.1. The molecular weight excluding hydrogens is 891 g/mol. The topological polar surface area (TPSA) is 132 Å². The molecule has 5 aliphatic heterocycles. The van der Waals surface area contributed by atoms with E-state index >= 15 is 4.39 Å². The van der Waals surface area contributed by atoms with Crippen molar-refractivity contribution in [3.05, 3.63) is 116 Å². The standard InChI is InChI=1S/C53H55Cl2FN6O5/c1-52(2,3)26-44-53(28-57-40-24-31(54)16-18-37(40)53)46(34-11-8-12-38(55)47(34)56)48(59-44)50(65)58-39-19-17-32(25-43(39)67-4)61-22-6-5-13-41(61)35-23-30(35)15-14-29-9-7-10-33-36(29)27-62(51(33)66)42-20-21-45(63)60-49(42)64/h7-12,16-19,24-25,30,35,41-42,44,46,48,57,59H,5-6,13,20-23,26-28H2,1-4H3,(H,58,65)(H,60,63,64)/t30-,35+,41+,42?,44-,46-,48+,53-/m0/s1. The smallest absolute Gasteiger partial charge is 0.255 e. The Labute approximate surface area is 400 Å². The molecule has 0 aromatic heterocycles. The summed E-state index contributed by atoms with van der Waals surface area (Å²) < 4.78 is 22.4. The highest BCUT2D eigenvalue weighted by atomic mass is 35.5. The highest BCUT2D eigenvalue weighted by Crippen LogP contribution is 2.57. The minimum Gasteiger partial charge on any atom is -0.494 e. The van der Waals surface area contributed by atoms with Gasteiger partial charge in [-0.05, 0) is 109 Å². The number of ether oxygens (including phenoxy) is 1. The number of fused-ring (bicyclic) bond motifs is 3. The van der Waals surface area contributed by atoms with E-state index in [0.29, 0.717) is 52.9 Å². The van der Waals surface area contributed by atoms with Crippen LogP contribution in [0.1, 0.15) is 104 Å². The molecule has 348 valence electrons. The fourth-order valence-corrected chi connectivity index (χ4v) is 12.2. The molecule has 4 fully saturated rings. The average molecular weight is 946 g/mol. The van der Waals surface area contributed by atoms with E-state index in [1.165, 1.54) is 6.07 Å². The minimum absolute atomic E-state index is 0.00309. The number of imide groups is 1. The van der Waals surface area contributed by atoms with Crippen molar-refractivity contribution < 1.29 is 28.3 Å². The van der Waals surface area contributed by atoms with Crippen molar-refractivity contribution in [2.45, 2.75) is 108 Å². The lowest BCUT2D eigenvalue weighted by Crippen LogP contribution is -2.52. The van der Waals surface area contributed by atoms with Crippen LogP contribution in [0.25, 0.3) is 0 Å². The molecule has 0 radical (unpaired) electrons. The Balaban J connectivity index is 0.888. The van der Waals surface area contributed by atoms with Gasteiger partial charge in [0.05, 0.1) is 23.9 Å². The Morgan fingerprint density at radius 2 is 1.82 bits per heavy atom. The van der Waals surface area contributed by atoms with E-state index in [0.717, 1.165) is 60.3 Å². The zero-order chi connectivity index (χ0) is 46.9. The van der Waals surface area contributed by atoms with Crippen molar-refractivity contribution in [3.63, 3.8) is 0 Å². The number of nitrogens with zero attached hydrogens (tertiary/aromatic N) is 2. The summed E-state index contributed by atoms with van der Waals surface area (Å²) in [5.41, 5.74) is 5.07. The molecule has 1 saturated carbocycles. The van der Waals surface area contributed by atoms with Gasteiger partial charge in [-0.15, -0.1) is 0 Å². The molecule has 5 heterocycles. The second-order valence-corrected chi connectivity index (χ2v) is 21.1. The van der Waals surface area contributed by atoms with E-state index in [4.69, 9.17) is 27.9 Å². The molecule has 10 rings (SSSR count). The van der Waals surface area contributed by atoms with Gasteiger partial charge in [-0.1, -0.05) is 80.1 Å². The molecule has 14 heteroatoms. The monoisotopic (exact) mass is 944 g/mol. The molecule has 6 aliphatic rings. The van der Waals surface area contributed by atoms with Crippen LogP contribution in [0.3, 0.4) is 0 Å². The second kappa shape index (κ2) is 17.5. The first-order valence-corrected chi connectivity index (χ1v) is 24.2. The second-order valence-electron chi connectivity index (χ2n) is 20.3. The Morgan fingerprint density at radius 1 is 1.00 bits per heavy atom. The van der Waals surface area contributed by atoms with Crippen LogP contribution in [0, 0.1) is 34.9 Å². The van der Waals surface area contributed by atoms with Gasteiger partial charge >= 0.3 is 0 Å². The number of amides is 4. The van der Waals surface area contributed by atoms with Gasteiger partial charge in [0.25, 0.3) is 5.91 Å². The number of hydrogen-bond acceptors (Lipinski definition) is 8. The number of nitrogens with one attached hydrogen (secondary N) is 4. The molecule has 4 amide bonds. The quantitative estimate of drug-likeness (QED) is 0.102. The number of rotatable bonds is 8. The Hall–Kier alpha value is -5.61. The van der Waals surface area contributed by atoms with E-state index in [-0.39, 0.29) is 59.1 Å². The predicted molar refractivity (Wildman–Crippen MR) is 258 cm³/mol. The van der Waals surface area contributed by atoms with Gasteiger partial charge in [0.2, 0.25) is 17.7 Å². The van der Waals surface area contributed by atoms with E-state index < -0.39 is 35.1 Å². The highest BCUT2D eigenvalue weighted by molar-refractivity contribution is 6.31. The summed E-state index contributed by atoms with van der Waals surface area (Å²) in [6, 6.07) is 20.8. The van der Waals surface area contributed by atoms with Gasteiger partial charge in [0.1, 0.15) is 17.6 Å². The number of carbonyl (C=O) groups is 4. The van der Waals surface area contributed by atoms with Crippen molar-refractivity contribution in [1.29, 1.82) is 0 Å². The summed E-state index contributed by atoms with van der Waals surface area (Å²) in [4.78, 5) is 56.8. The van der Waals surface area contributed by atoms with Crippen LogP contribution in [0.4, 0.5) is 21.5 Å². The van der Waals surface area contributed by atoms with Crippen LogP contribution in [0.15, 0.2) is 72.8 Å². The molecule has 4 aromatic rings. The van der Waals surface area contributed by atoms with Gasteiger partial charge < -0.3 is 30.5 Å². The van der Waals surface area contributed by atoms with Gasteiger partial charge in [0.15, 0.2) is 0 Å². The van der Waals surface area contributed by atoms with Gasteiger partial charge in [-0.3, -0.25) is 24.5 Å². The molecule has 4 aromatic carbocycles. The van der Waals surface area contributed by atoms with Crippen LogP contribution in [0.5, 0.6) is 5.75 Å². The predicted octanol–water partition coefficient (Wildman–Crippen LogP) is 8.81. The lowest BCUT2D eigenvalue weighted by Gasteiger charge is -2.39. The zero-order valence-electron chi connectivity index (χ0n) is 38.1. The van der Waals surface area contributed by atoms with E-state index in [1.807, 2.05) is 48.5 Å². The third kappa shape index (κ3) is 8.21. The number of piperidine rings is 2. The van der Waals surface area contributed by atoms with Gasteiger partial charge in [-0.25, -0.2) is 4.39 Å². The number of carbonyl (C=O) groups excluding carboxylic acids is 4. The third-order valence-electron chi connectivity index (χ3n) is 15.0. The summed E-state index contributed by atoms with van der Waals surface area (Å²) in [5.74, 6) is 5.59. The number of halogens is 3. The number of hydrogen-bond donors (Lipinski definition) is 4. The summed E-state index contributed by atoms with van der Waals surface area (Å²) in [6.45, 7) is 8.15. The first-order valence-electron chi connectivity index (χ1n) is 23.4. The lowest BCUT2D eigenvalue weighted by molar-refractivity contribution is -0.137. The average Bonchev–Trinajstić information content (AvgIpc) is 3.73. The third-order valence-corrected chi connectivity index (χ3v) is 15.5. The SMILES string of the molecule is COc1cc(N2CCCC[C@@H]2[C@@H]2C[C@@H]2C#Cc2cccc3c2CN(C2CCC(=O)NC2=O)C3=O)ccc1NC(=O)[C@@H]1N[C@@H](CC(C)(C)C)[C@@]2(CNc3cc(Cl)ccc32)[C@H]1c1cccc(Cl)c1F. The van der Waals surface area contributed by atoms with Crippen LogP contribution >= 0.6 is 23.2 Å². The van der Waals surface area contributed by atoms with E-state index in [1.54, 1.807) is 30.2 Å². The fourth-order valence-electron chi connectivity index (χ4n) is 11.8. The largest absolute Gasteiger partial charge is 0.494 e. The van der Waals surface area contributed by atoms with Crippen molar-refractivity contribution in [3.8, 4) is 17.6 Å². The molecule has 8 atom stereocenters. The number of anilines is 3. The van der Waals surface area contributed by atoms with Crippen LogP contribution < -0.4 is 30.9 Å². The minimum atomic E-state index is -0.839. The zero-order valence-corrected chi connectivity index (χ0v) is 39.6. The van der Waals surface area contributed by atoms with Gasteiger partial charge in [-0.2, -0.15) is 0 Å². The molecule has 11 nitrogen and oxygen atoms in total. The maximum Gasteiger partial charge on any atom is 0.255 e.